The molecule has 0 atom stereocenters. The van der Waals surface area contributed by atoms with Gasteiger partial charge in [-0.05, 0) is 37.3 Å². The minimum Gasteiger partial charge on any atom is -0.387 e. The third kappa shape index (κ3) is 3.45. The molecule has 2 amide bonds. The van der Waals surface area contributed by atoms with E-state index in [-0.39, 0.29) is 11.3 Å². The Labute approximate surface area is 134 Å². The first-order valence-electron chi connectivity index (χ1n) is 7.18. The van der Waals surface area contributed by atoms with Crippen LogP contribution >= 0.6 is 0 Å². The minimum absolute atomic E-state index is 0.143. The van der Waals surface area contributed by atoms with Crippen molar-refractivity contribution in [1.82, 2.24) is 0 Å². The van der Waals surface area contributed by atoms with Crippen LogP contribution < -0.4 is 10.2 Å². The Morgan fingerprint density at radius 3 is 2.13 bits per heavy atom. The molecule has 0 aromatic heterocycles. The second-order valence-electron chi connectivity index (χ2n) is 5.06. The lowest BCUT2D eigenvalue weighted by Crippen LogP contribution is -2.35. The van der Waals surface area contributed by atoms with Crippen molar-refractivity contribution in [3.63, 3.8) is 0 Å². The maximum absolute atomic E-state index is 12.9. The Morgan fingerprint density at radius 2 is 1.61 bits per heavy atom. The first-order chi connectivity index (χ1) is 11.0. The number of nitrogens with one attached hydrogen (secondary N) is 1. The molecule has 0 spiro atoms. The summed E-state index contributed by atoms with van der Waals surface area (Å²) in [6.07, 6.45) is 0. The lowest BCUT2D eigenvalue weighted by Gasteiger charge is -2.21. The number of carbonyl (C=O) groups is 3. The molecule has 2 aromatic carbocycles. The standard InChI is InChI=1S/C18H18N2O3/c1-12(21)14-9-10-17(19-3)16(11-14)18(23)20(13(2)22)15-7-5-4-6-8-15/h4-11,19H,1-3H3. The topological polar surface area (TPSA) is 66.5 Å². The van der Waals surface area contributed by atoms with E-state index < -0.39 is 11.8 Å². The fourth-order valence-electron chi connectivity index (χ4n) is 2.30. The monoisotopic (exact) mass is 310 g/mol. The summed E-state index contributed by atoms with van der Waals surface area (Å²) in [6.45, 7) is 2.77. The van der Waals surface area contributed by atoms with Gasteiger partial charge in [0.1, 0.15) is 0 Å². The normalized spacial score (nSPS) is 10.0. The lowest BCUT2D eigenvalue weighted by atomic mass is 10.0. The van der Waals surface area contributed by atoms with Crippen LogP contribution in [0.15, 0.2) is 48.5 Å². The predicted molar refractivity (Wildman–Crippen MR) is 89.9 cm³/mol. The summed E-state index contributed by atoms with van der Waals surface area (Å²) in [7, 11) is 1.68. The number of anilines is 2. The zero-order valence-electron chi connectivity index (χ0n) is 13.3. The number of imide groups is 1. The maximum atomic E-state index is 12.9. The number of benzene rings is 2. The largest absolute Gasteiger partial charge is 0.387 e. The second kappa shape index (κ2) is 6.87. The molecule has 2 aromatic rings. The minimum atomic E-state index is -0.476. The van der Waals surface area contributed by atoms with E-state index in [1.165, 1.54) is 19.9 Å². The van der Waals surface area contributed by atoms with Crippen molar-refractivity contribution in [2.75, 3.05) is 17.3 Å². The first-order valence-corrected chi connectivity index (χ1v) is 7.18. The molecule has 0 aliphatic heterocycles. The van der Waals surface area contributed by atoms with Crippen LogP contribution in [0.4, 0.5) is 11.4 Å². The lowest BCUT2D eigenvalue weighted by molar-refractivity contribution is -0.115. The highest BCUT2D eigenvalue weighted by atomic mass is 16.2. The zero-order chi connectivity index (χ0) is 17.0. The molecule has 0 aliphatic rings. The van der Waals surface area contributed by atoms with E-state index in [2.05, 4.69) is 5.32 Å². The van der Waals surface area contributed by atoms with Crippen molar-refractivity contribution in [3.05, 3.63) is 59.7 Å². The highest BCUT2D eigenvalue weighted by Crippen LogP contribution is 2.23. The Morgan fingerprint density at radius 1 is 0.957 bits per heavy atom. The molecule has 0 heterocycles. The number of Topliss-reactive ketones (excluding diaryl/α,β-unsaturated/α-hetero) is 1. The molecule has 5 heteroatoms. The smallest absolute Gasteiger partial charge is 0.267 e. The van der Waals surface area contributed by atoms with Gasteiger partial charge < -0.3 is 5.32 Å². The van der Waals surface area contributed by atoms with E-state index in [0.29, 0.717) is 16.9 Å². The van der Waals surface area contributed by atoms with Crippen molar-refractivity contribution < 1.29 is 14.4 Å². The third-order valence-corrected chi connectivity index (χ3v) is 3.46. The summed E-state index contributed by atoms with van der Waals surface area (Å²) in [4.78, 5) is 37.6. The van der Waals surface area contributed by atoms with Crippen LogP contribution in [0.5, 0.6) is 0 Å². The van der Waals surface area contributed by atoms with Gasteiger partial charge in [-0.15, -0.1) is 0 Å². The van der Waals surface area contributed by atoms with Crippen molar-refractivity contribution >= 4 is 29.0 Å². The van der Waals surface area contributed by atoms with E-state index in [4.69, 9.17) is 0 Å². The van der Waals surface area contributed by atoms with Gasteiger partial charge in [0, 0.05) is 25.2 Å². The summed E-state index contributed by atoms with van der Waals surface area (Å²) in [5.41, 5.74) is 1.74. The highest BCUT2D eigenvalue weighted by molar-refractivity contribution is 6.22. The zero-order valence-corrected chi connectivity index (χ0v) is 13.3. The molecule has 0 aliphatic carbocycles. The Balaban J connectivity index is 2.54. The van der Waals surface area contributed by atoms with Gasteiger partial charge in [-0.3, -0.25) is 14.4 Å². The van der Waals surface area contributed by atoms with Crippen LogP contribution in [0.2, 0.25) is 0 Å². The number of hydrogen-bond acceptors (Lipinski definition) is 4. The van der Waals surface area contributed by atoms with Gasteiger partial charge in [0.05, 0.1) is 11.3 Å². The van der Waals surface area contributed by atoms with Crippen LogP contribution in [0.3, 0.4) is 0 Å². The van der Waals surface area contributed by atoms with Gasteiger partial charge in [-0.1, -0.05) is 18.2 Å². The van der Waals surface area contributed by atoms with Crippen molar-refractivity contribution in [2.24, 2.45) is 0 Å². The fraction of sp³-hybridized carbons (Fsp3) is 0.167. The number of nitrogens with zero attached hydrogens (tertiary/aromatic N) is 1. The van der Waals surface area contributed by atoms with Crippen molar-refractivity contribution in [2.45, 2.75) is 13.8 Å². The van der Waals surface area contributed by atoms with Crippen LogP contribution in [-0.4, -0.2) is 24.6 Å². The first kappa shape index (κ1) is 16.4. The van der Waals surface area contributed by atoms with E-state index >= 15 is 0 Å². The molecule has 1 N–H and O–H groups in total. The predicted octanol–water partition coefficient (Wildman–Crippen LogP) is 3.12. The molecular weight excluding hydrogens is 292 g/mol. The fourth-order valence-corrected chi connectivity index (χ4v) is 2.30. The molecule has 0 bridgehead atoms. The molecule has 0 radical (unpaired) electrons. The van der Waals surface area contributed by atoms with Gasteiger partial charge in [-0.25, -0.2) is 4.90 Å². The van der Waals surface area contributed by atoms with Gasteiger partial charge >= 0.3 is 0 Å². The average molecular weight is 310 g/mol. The Bertz CT molecular complexity index is 754. The average Bonchev–Trinajstić information content (AvgIpc) is 2.54. The quantitative estimate of drug-likeness (QED) is 0.881. The molecule has 0 saturated carbocycles. The van der Waals surface area contributed by atoms with E-state index in [0.717, 1.165) is 4.90 Å². The molecule has 0 unspecified atom stereocenters. The molecular formula is C18H18N2O3. The van der Waals surface area contributed by atoms with Crippen LogP contribution in [-0.2, 0) is 4.79 Å². The number of para-hydroxylation sites is 1. The van der Waals surface area contributed by atoms with Gasteiger partial charge in [0.2, 0.25) is 5.91 Å². The highest BCUT2D eigenvalue weighted by Gasteiger charge is 2.24. The molecule has 23 heavy (non-hydrogen) atoms. The van der Waals surface area contributed by atoms with Gasteiger partial charge in [-0.2, -0.15) is 0 Å². The maximum Gasteiger partial charge on any atom is 0.267 e. The number of ketones is 1. The Hall–Kier alpha value is -2.95. The van der Waals surface area contributed by atoms with E-state index in [1.807, 2.05) is 6.07 Å². The summed E-state index contributed by atoms with van der Waals surface area (Å²) in [5, 5.41) is 2.92. The SMILES string of the molecule is CNc1ccc(C(C)=O)cc1C(=O)N(C(C)=O)c1ccccc1. The number of hydrogen-bond donors (Lipinski definition) is 1. The van der Waals surface area contributed by atoms with E-state index in [9.17, 15) is 14.4 Å². The molecule has 0 saturated heterocycles. The number of amides is 2. The summed E-state index contributed by atoms with van der Waals surface area (Å²) in [5.74, 6) is -1.01. The molecule has 5 nitrogen and oxygen atoms in total. The molecule has 2 rings (SSSR count). The van der Waals surface area contributed by atoms with Crippen LogP contribution in [0.1, 0.15) is 34.6 Å². The summed E-state index contributed by atoms with van der Waals surface area (Å²) in [6, 6.07) is 13.5. The van der Waals surface area contributed by atoms with Crippen LogP contribution in [0.25, 0.3) is 0 Å². The molecule has 0 fully saturated rings. The van der Waals surface area contributed by atoms with Crippen LogP contribution in [0, 0.1) is 0 Å². The third-order valence-electron chi connectivity index (χ3n) is 3.46. The number of rotatable bonds is 4. The summed E-state index contributed by atoms with van der Waals surface area (Å²) < 4.78 is 0. The van der Waals surface area contributed by atoms with Crippen molar-refractivity contribution in [1.29, 1.82) is 0 Å². The summed E-state index contributed by atoms with van der Waals surface area (Å²) >= 11 is 0. The van der Waals surface area contributed by atoms with Gasteiger partial charge in [0.15, 0.2) is 5.78 Å². The molecule has 118 valence electrons. The number of carbonyl (C=O) groups excluding carboxylic acids is 3. The second-order valence-corrected chi connectivity index (χ2v) is 5.06. The van der Waals surface area contributed by atoms with Gasteiger partial charge in [0.25, 0.3) is 5.91 Å². The van der Waals surface area contributed by atoms with E-state index in [1.54, 1.807) is 43.4 Å². The van der Waals surface area contributed by atoms with Crippen molar-refractivity contribution in [3.8, 4) is 0 Å². The Kier molecular flexibility index (Phi) is 4.91.